The van der Waals surface area contributed by atoms with Crippen LogP contribution in [0.15, 0.2) is 41.8 Å². The quantitative estimate of drug-likeness (QED) is 0.760. The van der Waals surface area contributed by atoms with Crippen molar-refractivity contribution in [3.8, 4) is 0 Å². The fraction of sp³-hybridized carbons (Fsp3) is 0.381. The Balaban J connectivity index is 1.22. The Kier molecular flexibility index (Phi) is 5.54. The van der Waals surface area contributed by atoms with Crippen LogP contribution in [0.3, 0.4) is 0 Å². The largest absolute Gasteiger partial charge is 0.354 e. The molecule has 1 N–H and O–H groups in total. The number of carbonyl (C=O) groups is 3. The van der Waals surface area contributed by atoms with Crippen molar-refractivity contribution in [2.24, 2.45) is 5.92 Å². The number of likely N-dealkylation sites (tertiary alicyclic amines) is 1. The van der Waals surface area contributed by atoms with Gasteiger partial charge < -0.3 is 5.32 Å². The van der Waals surface area contributed by atoms with Gasteiger partial charge in [0.25, 0.3) is 11.8 Å². The fourth-order valence-electron chi connectivity index (χ4n) is 3.81. The Bertz CT molecular complexity index is 838. The number of piperidine rings is 1. The molecule has 6 nitrogen and oxygen atoms in total. The van der Waals surface area contributed by atoms with Gasteiger partial charge in [0, 0.05) is 18.0 Å². The summed E-state index contributed by atoms with van der Waals surface area (Å²) >= 11 is 1.78. The second-order valence-corrected chi connectivity index (χ2v) is 8.38. The lowest BCUT2D eigenvalue weighted by Crippen LogP contribution is -2.43. The molecule has 0 atom stereocenters. The molecule has 28 heavy (non-hydrogen) atoms. The molecular weight excluding hydrogens is 374 g/mol. The Morgan fingerprint density at radius 1 is 1.04 bits per heavy atom. The summed E-state index contributed by atoms with van der Waals surface area (Å²) in [7, 11) is 0. The van der Waals surface area contributed by atoms with Crippen LogP contribution in [0.25, 0.3) is 0 Å². The van der Waals surface area contributed by atoms with E-state index in [0.29, 0.717) is 23.6 Å². The minimum atomic E-state index is -0.391. The predicted molar refractivity (Wildman–Crippen MR) is 107 cm³/mol. The maximum atomic E-state index is 12.3. The van der Waals surface area contributed by atoms with Crippen LogP contribution in [-0.2, 0) is 11.3 Å². The van der Waals surface area contributed by atoms with Crippen molar-refractivity contribution < 1.29 is 14.4 Å². The summed E-state index contributed by atoms with van der Waals surface area (Å²) in [5.41, 5.74) is 0.747. The van der Waals surface area contributed by atoms with Gasteiger partial charge in [0.15, 0.2) is 0 Å². The molecule has 3 amide bonds. The standard InChI is InChI=1S/C21H23N3O3S/c25-19(14-24-20(26)17-5-1-2-6-18(17)21(24)27)22-12-15-7-9-23(10-8-15)13-16-4-3-11-28-16/h1-6,11,15H,7-10,12-14H2,(H,22,25). The van der Waals surface area contributed by atoms with Crippen LogP contribution in [0, 0.1) is 5.92 Å². The Hall–Kier alpha value is -2.51. The molecule has 3 heterocycles. The number of hydrogen-bond donors (Lipinski definition) is 1. The van der Waals surface area contributed by atoms with Crippen molar-refractivity contribution in [2.75, 3.05) is 26.2 Å². The first-order valence-corrected chi connectivity index (χ1v) is 10.5. The molecule has 0 saturated carbocycles. The van der Waals surface area contributed by atoms with Crippen LogP contribution >= 0.6 is 11.3 Å². The van der Waals surface area contributed by atoms with Gasteiger partial charge in [0.1, 0.15) is 6.54 Å². The van der Waals surface area contributed by atoms with Crippen LogP contribution in [-0.4, -0.2) is 53.7 Å². The maximum Gasteiger partial charge on any atom is 0.262 e. The van der Waals surface area contributed by atoms with Gasteiger partial charge in [-0.25, -0.2) is 0 Å². The Morgan fingerprint density at radius 2 is 1.71 bits per heavy atom. The average Bonchev–Trinajstić information content (AvgIpc) is 3.31. The van der Waals surface area contributed by atoms with E-state index in [-0.39, 0.29) is 12.5 Å². The normalized spacial score (nSPS) is 17.8. The van der Waals surface area contributed by atoms with Crippen LogP contribution in [0.4, 0.5) is 0 Å². The van der Waals surface area contributed by atoms with Crippen molar-refractivity contribution in [2.45, 2.75) is 19.4 Å². The van der Waals surface area contributed by atoms with E-state index in [1.165, 1.54) is 4.88 Å². The first-order chi connectivity index (χ1) is 13.6. The van der Waals surface area contributed by atoms with Crippen molar-refractivity contribution >= 4 is 29.1 Å². The van der Waals surface area contributed by atoms with Crippen molar-refractivity contribution in [1.82, 2.24) is 15.1 Å². The third-order valence-electron chi connectivity index (χ3n) is 5.43. The van der Waals surface area contributed by atoms with Gasteiger partial charge in [-0.05, 0) is 55.4 Å². The monoisotopic (exact) mass is 397 g/mol. The first-order valence-electron chi connectivity index (χ1n) is 9.58. The van der Waals surface area contributed by atoms with E-state index in [1.54, 1.807) is 35.6 Å². The number of imide groups is 1. The highest BCUT2D eigenvalue weighted by Gasteiger charge is 2.36. The number of hydrogen-bond acceptors (Lipinski definition) is 5. The van der Waals surface area contributed by atoms with E-state index >= 15 is 0 Å². The molecule has 0 spiro atoms. The van der Waals surface area contributed by atoms with E-state index in [9.17, 15) is 14.4 Å². The summed E-state index contributed by atoms with van der Waals surface area (Å²) in [6.07, 6.45) is 2.08. The molecule has 1 saturated heterocycles. The molecule has 0 radical (unpaired) electrons. The van der Waals surface area contributed by atoms with Crippen LogP contribution in [0.1, 0.15) is 38.4 Å². The van der Waals surface area contributed by atoms with Gasteiger partial charge in [0.05, 0.1) is 11.1 Å². The van der Waals surface area contributed by atoms with E-state index < -0.39 is 11.8 Å². The topological polar surface area (TPSA) is 69.7 Å². The fourth-order valence-corrected chi connectivity index (χ4v) is 4.56. The molecule has 2 aromatic rings. The van der Waals surface area contributed by atoms with Gasteiger partial charge in [-0.1, -0.05) is 18.2 Å². The molecule has 1 aromatic heterocycles. The van der Waals surface area contributed by atoms with E-state index in [4.69, 9.17) is 0 Å². The van der Waals surface area contributed by atoms with Crippen LogP contribution in [0.2, 0.25) is 0 Å². The zero-order valence-corrected chi connectivity index (χ0v) is 16.4. The van der Waals surface area contributed by atoms with Crippen molar-refractivity contribution in [3.63, 3.8) is 0 Å². The molecule has 2 aliphatic heterocycles. The number of benzene rings is 1. The van der Waals surface area contributed by atoms with Crippen molar-refractivity contribution in [1.29, 1.82) is 0 Å². The minimum absolute atomic E-state index is 0.219. The summed E-state index contributed by atoms with van der Waals surface area (Å²) in [4.78, 5) is 41.8. The third-order valence-corrected chi connectivity index (χ3v) is 6.30. The molecule has 4 rings (SSSR count). The number of rotatable bonds is 6. The number of thiophene rings is 1. The number of nitrogens with one attached hydrogen (secondary N) is 1. The highest BCUT2D eigenvalue weighted by atomic mass is 32.1. The van der Waals surface area contributed by atoms with Crippen molar-refractivity contribution in [3.05, 3.63) is 57.8 Å². The SMILES string of the molecule is O=C(CN1C(=O)c2ccccc2C1=O)NCC1CCN(Cc2cccs2)CC1. The first kappa shape index (κ1) is 18.8. The smallest absolute Gasteiger partial charge is 0.262 e. The number of nitrogens with zero attached hydrogens (tertiary/aromatic N) is 2. The molecular formula is C21H23N3O3S. The molecule has 0 unspecified atom stereocenters. The maximum absolute atomic E-state index is 12.3. The van der Waals surface area contributed by atoms with Gasteiger partial charge in [0.2, 0.25) is 5.91 Å². The van der Waals surface area contributed by atoms with Gasteiger partial charge >= 0.3 is 0 Å². The Morgan fingerprint density at radius 3 is 2.32 bits per heavy atom. The van der Waals surface area contributed by atoms with Gasteiger partial charge in [-0.15, -0.1) is 11.3 Å². The lowest BCUT2D eigenvalue weighted by Gasteiger charge is -2.31. The van der Waals surface area contributed by atoms with E-state index in [1.807, 2.05) is 0 Å². The lowest BCUT2D eigenvalue weighted by atomic mass is 9.97. The zero-order chi connectivity index (χ0) is 19.5. The summed E-state index contributed by atoms with van der Waals surface area (Å²) < 4.78 is 0. The summed E-state index contributed by atoms with van der Waals surface area (Å²) in [5, 5.41) is 5.01. The molecule has 146 valence electrons. The third kappa shape index (κ3) is 4.00. The van der Waals surface area contributed by atoms with E-state index in [0.717, 1.165) is 37.4 Å². The molecule has 1 aromatic carbocycles. The summed E-state index contributed by atoms with van der Waals surface area (Å²) in [5.74, 6) is -0.628. The highest BCUT2D eigenvalue weighted by molar-refractivity contribution is 7.09. The molecule has 1 fully saturated rings. The summed E-state index contributed by atoms with van der Waals surface area (Å²) in [6.45, 7) is 3.42. The zero-order valence-electron chi connectivity index (χ0n) is 15.6. The minimum Gasteiger partial charge on any atom is -0.354 e. The second kappa shape index (κ2) is 8.24. The highest BCUT2D eigenvalue weighted by Crippen LogP contribution is 2.22. The second-order valence-electron chi connectivity index (χ2n) is 7.34. The molecule has 2 aliphatic rings. The lowest BCUT2D eigenvalue weighted by molar-refractivity contribution is -0.121. The number of fused-ring (bicyclic) bond motifs is 1. The Labute approximate surface area is 168 Å². The van der Waals surface area contributed by atoms with Gasteiger partial charge in [-0.3, -0.25) is 24.2 Å². The molecule has 0 aliphatic carbocycles. The molecule has 0 bridgehead atoms. The van der Waals surface area contributed by atoms with Crippen LogP contribution in [0.5, 0.6) is 0 Å². The van der Waals surface area contributed by atoms with E-state index in [2.05, 4.69) is 27.7 Å². The molecule has 7 heteroatoms. The average molecular weight is 398 g/mol. The number of amides is 3. The summed E-state index contributed by atoms with van der Waals surface area (Å²) in [6, 6.07) is 10.9. The predicted octanol–water partition coefficient (Wildman–Crippen LogP) is 2.37. The van der Waals surface area contributed by atoms with Crippen LogP contribution < -0.4 is 5.32 Å². The number of carbonyl (C=O) groups excluding carboxylic acids is 3. The van der Waals surface area contributed by atoms with Gasteiger partial charge in [-0.2, -0.15) is 0 Å².